The zero-order valence-electron chi connectivity index (χ0n) is 31.5. The van der Waals surface area contributed by atoms with Gasteiger partial charge in [-0.15, -0.1) is 22.7 Å². The van der Waals surface area contributed by atoms with Crippen LogP contribution in [0.4, 0.5) is 0 Å². The van der Waals surface area contributed by atoms with Gasteiger partial charge in [-0.3, -0.25) is 0 Å². The molecule has 0 aromatic carbocycles. The number of unbranched alkanes of at least 4 members (excludes halogenated alkanes) is 12. The Labute approximate surface area is 334 Å². The van der Waals surface area contributed by atoms with Crippen molar-refractivity contribution < 1.29 is 4.74 Å². The molecule has 0 atom stereocenters. The minimum absolute atomic E-state index is 0.0878. The molecule has 1 aliphatic rings. The molecule has 0 saturated heterocycles. The summed E-state index contributed by atoms with van der Waals surface area (Å²) >= 11 is 11.4. The van der Waals surface area contributed by atoms with Gasteiger partial charge < -0.3 is 4.74 Å². The molecule has 0 amide bonds. The van der Waals surface area contributed by atoms with E-state index in [1.807, 2.05) is 24.3 Å². The van der Waals surface area contributed by atoms with Crippen LogP contribution in [-0.4, -0.2) is 0 Å². The first-order valence-corrected chi connectivity index (χ1v) is 22.7. The Balaban J connectivity index is 1.92. The summed E-state index contributed by atoms with van der Waals surface area (Å²) < 4.78 is 8.92. The molecule has 0 saturated carbocycles. The molecule has 1 aliphatic heterocycles. The molecule has 0 aliphatic carbocycles. The highest BCUT2D eigenvalue weighted by Crippen LogP contribution is 2.39. The minimum Gasteiger partial charge on any atom is -0.457 e. The topological polar surface area (TPSA) is 56.8 Å². The van der Waals surface area contributed by atoms with Crippen molar-refractivity contribution in [3.63, 3.8) is 0 Å². The summed E-state index contributed by atoms with van der Waals surface area (Å²) in [5, 5.41) is 19.6. The second-order valence-corrected chi connectivity index (χ2v) is 18.3. The van der Waals surface area contributed by atoms with Crippen molar-refractivity contribution in [2.75, 3.05) is 0 Å². The van der Waals surface area contributed by atoms with Gasteiger partial charge in [-0.2, -0.15) is 10.5 Å². The Kier molecular flexibility index (Phi) is 21.2. The molecule has 2 aromatic heterocycles. The van der Waals surface area contributed by atoms with E-state index in [9.17, 15) is 10.5 Å². The zero-order valence-corrected chi connectivity index (χ0v) is 36.3. The summed E-state index contributed by atoms with van der Waals surface area (Å²) in [6.07, 6.45) is 36.2. The third kappa shape index (κ3) is 14.3. The van der Waals surface area contributed by atoms with Crippen LogP contribution in [0.5, 0.6) is 0 Å². The van der Waals surface area contributed by atoms with Gasteiger partial charge >= 0.3 is 0 Å². The highest BCUT2D eigenvalue weighted by molar-refractivity contribution is 9.11. The summed E-state index contributed by atoms with van der Waals surface area (Å²) in [6, 6.07) is 4.18. The standard InChI is InChI=1S/C44H58Br2N2OS2/c1-5-9-13-17-21-37-39(23-19-15-11-7-3)43(45)50-41(37)27-25-35-29-33(34(31-47)32-48)30-36(49-35)26-28-42-38(22-18-14-10-6-2)40(44(46)51-42)24-20-16-12-8-4/h25-30H,5-24H2,1-4H3/b27-25+,28-26+. The van der Waals surface area contributed by atoms with Gasteiger partial charge in [-0.25, -0.2) is 0 Å². The Hall–Kier alpha value is -2.16. The number of hydrogen-bond acceptors (Lipinski definition) is 5. The van der Waals surface area contributed by atoms with Crippen molar-refractivity contribution in [1.29, 1.82) is 10.5 Å². The third-order valence-electron chi connectivity index (χ3n) is 9.46. The number of nitrogens with zero attached hydrogens (tertiary/aromatic N) is 2. The highest BCUT2D eigenvalue weighted by Gasteiger charge is 2.18. The van der Waals surface area contributed by atoms with E-state index in [0.29, 0.717) is 17.1 Å². The van der Waals surface area contributed by atoms with Crippen LogP contribution in [0.2, 0.25) is 0 Å². The summed E-state index contributed by atoms with van der Waals surface area (Å²) in [5.41, 5.74) is 6.50. The number of hydrogen-bond donors (Lipinski definition) is 0. The molecular formula is C44H58Br2N2OS2. The van der Waals surface area contributed by atoms with Crippen LogP contribution in [0, 0.1) is 22.7 Å². The lowest BCUT2D eigenvalue weighted by Crippen LogP contribution is -1.99. The van der Waals surface area contributed by atoms with Gasteiger partial charge in [-0.05, 0) is 142 Å². The normalized spacial score (nSPS) is 13.1. The Morgan fingerprint density at radius 3 is 1.24 bits per heavy atom. The van der Waals surface area contributed by atoms with Crippen molar-refractivity contribution in [2.45, 2.75) is 156 Å². The maximum absolute atomic E-state index is 9.78. The Morgan fingerprint density at radius 1 is 0.549 bits per heavy atom. The maximum Gasteiger partial charge on any atom is 0.137 e. The molecule has 2 aromatic rings. The van der Waals surface area contributed by atoms with Crippen LogP contribution >= 0.6 is 54.5 Å². The predicted molar refractivity (Wildman–Crippen MR) is 229 cm³/mol. The van der Waals surface area contributed by atoms with Crippen molar-refractivity contribution in [2.24, 2.45) is 0 Å². The first-order valence-electron chi connectivity index (χ1n) is 19.5. The molecule has 0 fully saturated rings. The molecule has 0 spiro atoms. The van der Waals surface area contributed by atoms with Crippen LogP contribution in [0.1, 0.15) is 162 Å². The van der Waals surface area contributed by atoms with Gasteiger partial charge in [0, 0.05) is 15.3 Å². The molecule has 7 heteroatoms. The Bertz CT molecular complexity index is 1510. The number of halogens is 2. The average molecular weight is 855 g/mol. The molecule has 3 rings (SSSR count). The molecule has 0 bridgehead atoms. The molecule has 0 radical (unpaired) electrons. The van der Waals surface area contributed by atoms with Crippen LogP contribution in [-0.2, 0) is 30.4 Å². The fraction of sp³-hybridized carbons (Fsp3) is 0.545. The van der Waals surface area contributed by atoms with Gasteiger partial charge in [0.15, 0.2) is 0 Å². The monoisotopic (exact) mass is 852 g/mol. The summed E-state index contributed by atoms with van der Waals surface area (Å²) in [7, 11) is 0. The largest absolute Gasteiger partial charge is 0.457 e. The van der Waals surface area contributed by atoms with Gasteiger partial charge in [0.2, 0.25) is 0 Å². The minimum atomic E-state index is 0.0878. The smallest absolute Gasteiger partial charge is 0.137 e. The lowest BCUT2D eigenvalue weighted by atomic mass is 9.98. The molecule has 276 valence electrons. The van der Waals surface area contributed by atoms with E-state index in [1.165, 1.54) is 142 Å². The van der Waals surface area contributed by atoms with Gasteiger partial charge in [-0.1, -0.05) is 105 Å². The van der Waals surface area contributed by atoms with E-state index in [0.717, 1.165) is 25.7 Å². The SMILES string of the molecule is CCCCCCc1c(Br)sc(/C=C/C2=CC(=C(C#N)C#N)C=C(/C=C/c3sc(Br)c(CCCCCC)c3CCCCCC)O2)c1CCCCCC. The number of rotatable bonds is 24. The van der Waals surface area contributed by atoms with Crippen LogP contribution in [0.25, 0.3) is 12.2 Å². The maximum atomic E-state index is 9.78. The molecule has 0 N–H and O–H groups in total. The molecule has 51 heavy (non-hydrogen) atoms. The quantitative estimate of drug-likeness (QED) is 0.0781. The van der Waals surface area contributed by atoms with E-state index < -0.39 is 0 Å². The zero-order chi connectivity index (χ0) is 36.8. The predicted octanol–water partition coefficient (Wildman–Crippen LogP) is 15.7. The Morgan fingerprint density at radius 2 is 0.902 bits per heavy atom. The summed E-state index contributed by atoms with van der Waals surface area (Å²) in [5.74, 6) is 1.26. The van der Waals surface area contributed by atoms with Crippen LogP contribution < -0.4 is 0 Å². The van der Waals surface area contributed by atoms with E-state index in [-0.39, 0.29) is 5.57 Å². The van der Waals surface area contributed by atoms with E-state index in [1.54, 1.807) is 22.7 Å². The summed E-state index contributed by atoms with van der Waals surface area (Å²) in [4.78, 5) is 2.52. The fourth-order valence-electron chi connectivity index (χ4n) is 6.53. The number of allylic oxidation sites excluding steroid dienone is 6. The van der Waals surface area contributed by atoms with E-state index in [2.05, 4.69) is 83.8 Å². The first-order chi connectivity index (χ1) is 24.9. The lowest BCUT2D eigenvalue weighted by Gasteiger charge is -2.14. The van der Waals surface area contributed by atoms with E-state index in [4.69, 9.17) is 4.74 Å². The van der Waals surface area contributed by atoms with E-state index >= 15 is 0 Å². The molecule has 3 heterocycles. The lowest BCUT2D eigenvalue weighted by molar-refractivity contribution is 0.332. The van der Waals surface area contributed by atoms with Crippen molar-refractivity contribution in [3.8, 4) is 12.1 Å². The molecular weight excluding hydrogens is 796 g/mol. The van der Waals surface area contributed by atoms with Crippen molar-refractivity contribution in [3.05, 3.63) is 86.5 Å². The molecule has 0 unspecified atom stereocenters. The number of nitriles is 2. The fourth-order valence-corrected chi connectivity index (χ4v) is 10.5. The summed E-state index contributed by atoms with van der Waals surface area (Å²) in [6.45, 7) is 9.05. The second-order valence-electron chi connectivity index (χ2n) is 13.6. The van der Waals surface area contributed by atoms with Crippen LogP contribution in [0.15, 0.2) is 54.5 Å². The third-order valence-corrected chi connectivity index (χ3v) is 13.4. The van der Waals surface area contributed by atoms with Gasteiger partial charge in [0.05, 0.1) is 7.57 Å². The number of ether oxygens (including phenoxy) is 1. The second kappa shape index (κ2) is 25.0. The molecule has 3 nitrogen and oxygen atoms in total. The van der Waals surface area contributed by atoms with Crippen LogP contribution in [0.3, 0.4) is 0 Å². The van der Waals surface area contributed by atoms with Crippen molar-refractivity contribution in [1.82, 2.24) is 0 Å². The van der Waals surface area contributed by atoms with Crippen molar-refractivity contribution >= 4 is 66.7 Å². The first kappa shape index (κ1) is 43.2. The van der Waals surface area contributed by atoms with Gasteiger partial charge in [0.1, 0.15) is 29.2 Å². The van der Waals surface area contributed by atoms with Gasteiger partial charge in [0.25, 0.3) is 0 Å². The highest BCUT2D eigenvalue weighted by atomic mass is 79.9. The average Bonchev–Trinajstić information content (AvgIpc) is 3.60. The number of thiophene rings is 2.